The van der Waals surface area contributed by atoms with E-state index in [1.165, 1.54) is 11.3 Å². The van der Waals surface area contributed by atoms with Crippen molar-refractivity contribution in [3.63, 3.8) is 0 Å². The van der Waals surface area contributed by atoms with Crippen LogP contribution in [0.3, 0.4) is 0 Å². The van der Waals surface area contributed by atoms with Gasteiger partial charge in [-0.25, -0.2) is 0 Å². The van der Waals surface area contributed by atoms with Crippen LogP contribution in [0.4, 0.5) is 11.4 Å². The number of benzene rings is 1. The lowest BCUT2D eigenvalue weighted by molar-refractivity contribution is 0.0746. The smallest absolute Gasteiger partial charge is 0.255 e. The molecule has 0 radical (unpaired) electrons. The molecule has 0 saturated carbocycles. The number of nitrogens with one attached hydrogen (secondary N) is 1. The van der Waals surface area contributed by atoms with Gasteiger partial charge in [0.1, 0.15) is 0 Å². The lowest BCUT2D eigenvalue weighted by Crippen LogP contribution is -2.48. The first-order valence-electron chi connectivity index (χ1n) is 9.47. The number of amides is 1. The van der Waals surface area contributed by atoms with Crippen molar-refractivity contribution in [3.8, 4) is 0 Å². The number of carbonyl (C=O) groups excluding carboxylic acids is 1. The monoisotopic (exact) mass is 352 g/mol. The molecule has 0 spiro atoms. The maximum Gasteiger partial charge on any atom is 0.255 e. The van der Waals surface area contributed by atoms with E-state index in [1.54, 1.807) is 12.4 Å². The quantitative estimate of drug-likeness (QED) is 0.808. The van der Waals surface area contributed by atoms with Crippen LogP contribution < -0.4 is 10.2 Å². The summed E-state index contributed by atoms with van der Waals surface area (Å²) in [6, 6.07) is 10.5. The minimum Gasteiger partial charge on any atom is -0.384 e. The Labute approximate surface area is 156 Å². The Morgan fingerprint density at radius 3 is 2.69 bits per heavy atom. The minimum atomic E-state index is 0.0699. The van der Waals surface area contributed by atoms with E-state index >= 15 is 0 Å². The van der Waals surface area contributed by atoms with Gasteiger partial charge in [0.25, 0.3) is 5.91 Å². The molecule has 1 saturated heterocycles. The third-order valence-electron chi connectivity index (χ3n) is 4.78. The molecule has 1 aromatic carbocycles. The topological polar surface area (TPSA) is 48.5 Å². The zero-order valence-corrected chi connectivity index (χ0v) is 15.7. The fourth-order valence-electron chi connectivity index (χ4n) is 3.24. The van der Waals surface area contributed by atoms with Crippen molar-refractivity contribution in [2.45, 2.75) is 26.7 Å². The standard InChI is InChI=1S/C21H28N4O/c1-3-4-8-23-19-14-18(15-22-16-19)21(26)25-11-9-24(10-12-25)20-7-5-6-17(2)13-20/h5-7,13-16,23H,3-4,8-12H2,1-2H3. The molecule has 2 heterocycles. The van der Waals surface area contributed by atoms with Crippen molar-refractivity contribution in [3.05, 3.63) is 53.9 Å². The van der Waals surface area contributed by atoms with Crippen LogP contribution >= 0.6 is 0 Å². The van der Waals surface area contributed by atoms with Gasteiger partial charge >= 0.3 is 0 Å². The summed E-state index contributed by atoms with van der Waals surface area (Å²) in [4.78, 5) is 21.3. The number of pyridine rings is 1. The molecular weight excluding hydrogens is 324 g/mol. The number of aromatic nitrogens is 1. The van der Waals surface area contributed by atoms with Crippen LogP contribution in [0.15, 0.2) is 42.7 Å². The zero-order valence-electron chi connectivity index (χ0n) is 15.7. The van der Waals surface area contributed by atoms with E-state index in [-0.39, 0.29) is 5.91 Å². The van der Waals surface area contributed by atoms with Crippen molar-refractivity contribution in [1.82, 2.24) is 9.88 Å². The Kier molecular flexibility index (Phi) is 6.10. The second-order valence-corrected chi connectivity index (χ2v) is 6.86. The number of rotatable bonds is 6. The van der Waals surface area contributed by atoms with Gasteiger partial charge in [0.05, 0.1) is 11.3 Å². The van der Waals surface area contributed by atoms with Gasteiger partial charge in [0.2, 0.25) is 0 Å². The largest absolute Gasteiger partial charge is 0.384 e. The lowest BCUT2D eigenvalue weighted by atomic mass is 10.1. The molecular formula is C21H28N4O. The molecule has 3 rings (SSSR count). The highest BCUT2D eigenvalue weighted by molar-refractivity contribution is 5.95. The maximum atomic E-state index is 12.8. The highest BCUT2D eigenvalue weighted by atomic mass is 16.2. The summed E-state index contributed by atoms with van der Waals surface area (Å²) in [5.41, 5.74) is 4.08. The van der Waals surface area contributed by atoms with Crippen LogP contribution in [0.5, 0.6) is 0 Å². The summed E-state index contributed by atoms with van der Waals surface area (Å²) < 4.78 is 0. The third kappa shape index (κ3) is 4.54. The molecule has 5 nitrogen and oxygen atoms in total. The molecule has 0 aliphatic carbocycles. The first-order valence-corrected chi connectivity index (χ1v) is 9.47. The van der Waals surface area contributed by atoms with E-state index in [9.17, 15) is 4.79 Å². The van der Waals surface area contributed by atoms with Gasteiger partial charge in [0, 0.05) is 50.8 Å². The minimum absolute atomic E-state index is 0.0699. The van der Waals surface area contributed by atoms with Crippen molar-refractivity contribution in [2.24, 2.45) is 0 Å². The Balaban J connectivity index is 1.59. The second-order valence-electron chi connectivity index (χ2n) is 6.86. The average Bonchev–Trinajstić information content (AvgIpc) is 2.68. The Bertz CT molecular complexity index is 738. The van der Waals surface area contributed by atoms with Crippen LogP contribution in [-0.2, 0) is 0 Å². The van der Waals surface area contributed by atoms with Crippen LogP contribution in [0, 0.1) is 6.92 Å². The van der Waals surface area contributed by atoms with Crippen LogP contribution in [-0.4, -0.2) is 48.5 Å². The van der Waals surface area contributed by atoms with Crippen LogP contribution in [0.25, 0.3) is 0 Å². The highest BCUT2D eigenvalue weighted by Crippen LogP contribution is 2.19. The average molecular weight is 352 g/mol. The number of piperazine rings is 1. The van der Waals surface area contributed by atoms with E-state index < -0.39 is 0 Å². The number of anilines is 2. The second kappa shape index (κ2) is 8.70. The molecule has 0 atom stereocenters. The number of hydrogen-bond donors (Lipinski definition) is 1. The predicted molar refractivity (Wildman–Crippen MR) is 107 cm³/mol. The Morgan fingerprint density at radius 1 is 1.15 bits per heavy atom. The highest BCUT2D eigenvalue weighted by Gasteiger charge is 2.22. The van der Waals surface area contributed by atoms with Crippen molar-refractivity contribution in [1.29, 1.82) is 0 Å². The Morgan fingerprint density at radius 2 is 1.96 bits per heavy atom. The summed E-state index contributed by atoms with van der Waals surface area (Å²) in [6.07, 6.45) is 5.70. The molecule has 1 aliphatic heterocycles. The number of aryl methyl sites for hydroxylation is 1. The summed E-state index contributed by atoms with van der Waals surface area (Å²) >= 11 is 0. The molecule has 1 amide bonds. The zero-order chi connectivity index (χ0) is 18.4. The first kappa shape index (κ1) is 18.2. The summed E-state index contributed by atoms with van der Waals surface area (Å²) in [7, 11) is 0. The molecule has 26 heavy (non-hydrogen) atoms. The van der Waals surface area contributed by atoms with Gasteiger partial charge in [-0.3, -0.25) is 9.78 Å². The number of unbranched alkanes of at least 4 members (excludes halogenated alkanes) is 1. The normalized spacial score (nSPS) is 14.4. The predicted octanol–water partition coefficient (Wildman–Crippen LogP) is 3.56. The molecule has 138 valence electrons. The molecule has 0 bridgehead atoms. The van der Waals surface area contributed by atoms with E-state index in [4.69, 9.17) is 0 Å². The van der Waals surface area contributed by atoms with E-state index in [0.29, 0.717) is 5.56 Å². The van der Waals surface area contributed by atoms with E-state index in [0.717, 1.165) is 51.3 Å². The van der Waals surface area contributed by atoms with E-state index in [2.05, 4.69) is 53.3 Å². The fourth-order valence-corrected chi connectivity index (χ4v) is 3.24. The molecule has 1 fully saturated rings. The number of nitrogens with zero attached hydrogens (tertiary/aromatic N) is 3. The first-order chi connectivity index (χ1) is 12.7. The van der Waals surface area contributed by atoms with Gasteiger partial charge in [-0.1, -0.05) is 25.5 Å². The van der Waals surface area contributed by atoms with E-state index in [1.807, 2.05) is 11.0 Å². The SMILES string of the molecule is CCCCNc1cncc(C(=O)N2CCN(c3cccc(C)c3)CC2)c1. The fraction of sp³-hybridized carbons (Fsp3) is 0.429. The molecule has 2 aromatic rings. The molecule has 5 heteroatoms. The molecule has 0 unspecified atom stereocenters. The summed E-state index contributed by atoms with van der Waals surface area (Å²) in [5.74, 6) is 0.0699. The molecule has 1 aliphatic rings. The maximum absolute atomic E-state index is 12.8. The van der Waals surface area contributed by atoms with Crippen LogP contribution in [0.2, 0.25) is 0 Å². The number of hydrogen-bond acceptors (Lipinski definition) is 4. The van der Waals surface area contributed by atoms with Gasteiger partial charge in [-0.15, -0.1) is 0 Å². The van der Waals surface area contributed by atoms with Crippen LogP contribution in [0.1, 0.15) is 35.7 Å². The van der Waals surface area contributed by atoms with Crippen molar-refractivity contribution in [2.75, 3.05) is 42.9 Å². The Hall–Kier alpha value is -2.56. The van der Waals surface area contributed by atoms with Gasteiger partial charge in [-0.05, 0) is 37.1 Å². The lowest BCUT2D eigenvalue weighted by Gasteiger charge is -2.36. The van der Waals surface area contributed by atoms with Gasteiger partial charge < -0.3 is 15.1 Å². The van der Waals surface area contributed by atoms with Crippen molar-refractivity contribution < 1.29 is 4.79 Å². The van der Waals surface area contributed by atoms with Gasteiger partial charge in [0.15, 0.2) is 0 Å². The third-order valence-corrected chi connectivity index (χ3v) is 4.78. The number of carbonyl (C=O) groups is 1. The van der Waals surface area contributed by atoms with Gasteiger partial charge in [-0.2, -0.15) is 0 Å². The van der Waals surface area contributed by atoms with Crippen molar-refractivity contribution >= 4 is 17.3 Å². The summed E-state index contributed by atoms with van der Waals surface area (Å²) in [6.45, 7) is 8.37. The molecule has 1 N–H and O–H groups in total. The molecule has 1 aromatic heterocycles. The summed E-state index contributed by atoms with van der Waals surface area (Å²) in [5, 5.41) is 3.34.